The Labute approximate surface area is 101 Å². The largest absolute Gasteiger partial charge is 0.494 e. The lowest BCUT2D eigenvalue weighted by Gasteiger charge is -2.08. The van der Waals surface area contributed by atoms with Gasteiger partial charge in [-0.1, -0.05) is 6.07 Å². The van der Waals surface area contributed by atoms with E-state index in [9.17, 15) is 5.11 Å². The Balaban J connectivity index is 1.92. The molecule has 1 aliphatic carbocycles. The lowest BCUT2D eigenvalue weighted by atomic mass is 10.1. The van der Waals surface area contributed by atoms with Gasteiger partial charge in [0.1, 0.15) is 5.75 Å². The number of aliphatic hydroxyl groups is 1. The molecule has 0 aliphatic heterocycles. The molecule has 0 amide bonds. The van der Waals surface area contributed by atoms with E-state index >= 15 is 0 Å². The summed E-state index contributed by atoms with van der Waals surface area (Å²) in [6, 6.07) is 6.04. The summed E-state index contributed by atoms with van der Waals surface area (Å²) in [6.07, 6.45) is 4.75. The van der Waals surface area contributed by atoms with E-state index in [0.717, 1.165) is 42.9 Å². The molecule has 1 aromatic carbocycles. The third-order valence-electron chi connectivity index (χ3n) is 2.92. The number of ether oxygens (including phenoxy) is 1. The highest BCUT2D eigenvalue weighted by molar-refractivity contribution is 7.98. The van der Waals surface area contributed by atoms with Crippen LogP contribution < -0.4 is 4.74 Å². The van der Waals surface area contributed by atoms with Gasteiger partial charge < -0.3 is 9.84 Å². The first-order chi connectivity index (χ1) is 7.81. The number of fused-ring (bicyclic) bond motifs is 1. The van der Waals surface area contributed by atoms with Crippen LogP contribution in [0.15, 0.2) is 18.2 Å². The van der Waals surface area contributed by atoms with Crippen LogP contribution in [0.5, 0.6) is 5.75 Å². The molecule has 0 bridgehead atoms. The van der Waals surface area contributed by atoms with Crippen LogP contribution in [0.25, 0.3) is 0 Å². The summed E-state index contributed by atoms with van der Waals surface area (Å²) >= 11 is 1.84. The van der Waals surface area contributed by atoms with Crippen molar-refractivity contribution < 1.29 is 9.84 Å². The molecule has 0 saturated carbocycles. The Morgan fingerprint density at radius 1 is 1.50 bits per heavy atom. The number of aliphatic hydroxyl groups excluding tert-OH is 1. The Morgan fingerprint density at radius 2 is 2.38 bits per heavy atom. The SMILES string of the molecule is CSCCCOc1ccc2c(c1)CC[C@H]2O. The second-order valence-corrected chi connectivity index (χ2v) is 5.10. The molecular weight excluding hydrogens is 220 g/mol. The minimum absolute atomic E-state index is 0.263. The van der Waals surface area contributed by atoms with Crippen molar-refractivity contribution in [2.45, 2.75) is 25.4 Å². The molecule has 3 heteroatoms. The van der Waals surface area contributed by atoms with Crippen molar-refractivity contribution in [2.24, 2.45) is 0 Å². The second-order valence-electron chi connectivity index (χ2n) is 4.11. The van der Waals surface area contributed by atoms with Gasteiger partial charge in [0.05, 0.1) is 12.7 Å². The van der Waals surface area contributed by atoms with Crippen LogP contribution in [0, 0.1) is 0 Å². The van der Waals surface area contributed by atoms with E-state index in [-0.39, 0.29) is 6.10 Å². The van der Waals surface area contributed by atoms with Crippen molar-refractivity contribution in [3.05, 3.63) is 29.3 Å². The number of aryl methyl sites for hydroxylation is 1. The standard InChI is InChI=1S/C13H18O2S/c1-16-8-2-7-15-11-4-5-12-10(9-11)3-6-13(12)14/h4-5,9,13-14H,2-3,6-8H2,1H3/t13-/m1/s1. The minimum Gasteiger partial charge on any atom is -0.494 e. The molecule has 0 saturated heterocycles. The molecular formula is C13H18O2S. The normalized spacial score (nSPS) is 18.5. The highest BCUT2D eigenvalue weighted by Crippen LogP contribution is 2.33. The number of hydrogen-bond donors (Lipinski definition) is 1. The van der Waals surface area contributed by atoms with E-state index in [4.69, 9.17) is 4.74 Å². The fraction of sp³-hybridized carbons (Fsp3) is 0.538. The zero-order valence-electron chi connectivity index (χ0n) is 9.61. The van der Waals surface area contributed by atoms with Crippen molar-refractivity contribution in [3.63, 3.8) is 0 Å². The molecule has 88 valence electrons. The fourth-order valence-electron chi connectivity index (χ4n) is 2.05. The van der Waals surface area contributed by atoms with Crippen LogP contribution in [0.1, 0.15) is 30.1 Å². The smallest absolute Gasteiger partial charge is 0.119 e. The van der Waals surface area contributed by atoms with Crippen LogP contribution in [-0.4, -0.2) is 23.7 Å². The van der Waals surface area contributed by atoms with Crippen LogP contribution in [0.4, 0.5) is 0 Å². The first kappa shape index (κ1) is 11.8. The summed E-state index contributed by atoms with van der Waals surface area (Å²) in [5, 5.41) is 9.67. The van der Waals surface area contributed by atoms with Gasteiger partial charge in [0.15, 0.2) is 0 Å². The predicted octanol–water partition coefficient (Wildman–Crippen LogP) is 2.80. The molecule has 1 N–H and O–H groups in total. The second kappa shape index (κ2) is 5.60. The summed E-state index contributed by atoms with van der Waals surface area (Å²) in [7, 11) is 0. The van der Waals surface area contributed by atoms with Gasteiger partial charge >= 0.3 is 0 Å². The maximum absolute atomic E-state index is 9.67. The van der Waals surface area contributed by atoms with Gasteiger partial charge in [-0.15, -0.1) is 0 Å². The van der Waals surface area contributed by atoms with Gasteiger partial charge in [0.25, 0.3) is 0 Å². The van der Waals surface area contributed by atoms with Crippen LogP contribution in [0.3, 0.4) is 0 Å². The molecule has 1 aliphatic rings. The van der Waals surface area contributed by atoms with Gasteiger partial charge in [-0.2, -0.15) is 11.8 Å². The number of benzene rings is 1. The molecule has 0 fully saturated rings. The number of thioether (sulfide) groups is 1. The maximum Gasteiger partial charge on any atom is 0.119 e. The monoisotopic (exact) mass is 238 g/mol. The Morgan fingerprint density at radius 3 is 3.19 bits per heavy atom. The van der Waals surface area contributed by atoms with E-state index < -0.39 is 0 Å². The number of rotatable bonds is 5. The first-order valence-corrected chi connectivity index (χ1v) is 7.13. The average Bonchev–Trinajstić information content (AvgIpc) is 2.66. The van der Waals surface area contributed by atoms with Crippen molar-refractivity contribution in [3.8, 4) is 5.75 Å². The minimum atomic E-state index is -0.263. The van der Waals surface area contributed by atoms with E-state index in [1.165, 1.54) is 5.56 Å². The van der Waals surface area contributed by atoms with E-state index in [1.807, 2.05) is 23.9 Å². The van der Waals surface area contributed by atoms with Gasteiger partial charge in [0, 0.05) is 0 Å². The fourth-order valence-corrected chi connectivity index (χ4v) is 2.46. The lowest BCUT2D eigenvalue weighted by molar-refractivity contribution is 0.180. The molecule has 1 aromatic rings. The first-order valence-electron chi connectivity index (χ1n) is 5.74. The van der Waals surface area contributed by atoms with Crippen molar-refractivity contribution in [2.75, 3.05) is 18.6 Å². The van der Waals surface area contributed by atoms with Crippen molar-refractivity contribution >= 4 is 11.8 Å². The lowest BCUT2D eigenvalue weighted by Crippen LogP contribution is -1.99. The molecule has 2 nitrogen and oxygen atoms in total. The van der Waals surface area contributed by atoms with E-state index in [2.05, 4.69) is 12.3 Å². The summed E-state index contributed by atoms with van der Waals surface area (Å²) in [5.41, 5.74) is 2.33. The Kier molecular flexibility index (Phi) is 4.13. The molecule has 2 rings (SSSR count). The van der Waals surface area contributed by atoms with E-state index in [0.29, 0.717) is 0 Å². The molecule has 0 spiro atoms. The molecule has 0 heterocycles. The quantitative estimate of drug-likeness (QED) is 0.800. The molecule has 1 atom stereocenters. The molecule has 16 heavy (non-hydrogen) atoms. The summed E-state index contributed by atoms with van der Waals surface area (Å²) in [4.78, 5) is 0. The average molecular weight is 238 g/mol. The van der Waals surface area contributed by atoms with Crippen molar-refractivity contribution in [1.82, 2.24) is 0 Å². The zero-order chi connectivity index (χ0) is 11.4. The van der Waals surface area contributed by atoms with Gasteiger partial charge in [-0.05, 0) is 54.5 Å². The zero-order valence-corrected chi connectivity index (χ0v) is 10.4. The van der Waals surface area contributed by atoms with Crippen LogP contribution in [-0.2, 0) is 6.42 Å². The summed E-state index contributed by atoms with van der Waals surface area (Å²) in [6.45, 7) is 0.780. The molecule has 0 unspecified atom stereocenters. The molecule has 0 aromatic heterocycles. The third kappa shape index (κ3) is 2.71. The van der Waals surface area contributed by atoms with E-state index in [1.54, 1.807) is 0 Å². The van der Waals surface area contributed by atoms with Gasteiger partial charge in [-0.25, -0.2) is 0 Å². The predicted molar refractivity (Wildman–Crippen MR) is 68.2 cm³/mol. The van der Waals surface area contributed by atoms with Crippen LogP contribution in [0.2, 0.25) is 0 Å². The highest BCUT2D eigenvalue weighted by Gasteiger charge is 2.20. The third-order valence-corrected chi connectivity index (χ3v) is 3.62. The van der Waals surface area contributed by atoms with Crippen molar-refractivity contribution in [1.29, 1.82) is 0 Å². The number of hydrogen-bond acceptors (Lipinski definition) is 3. The topological polar surface area (TPSA) is 29.5 Å². The van der Waals surface area contributed by atoms with Gasteiger partial charge in [0.2, 0.25) is 0 Å². The maximum atomic E-state index is 9.67. The molecule has 0 radical (unpaired) electrons. The summed E-state index contributed by atoms with van der Waals surface area (Å²) < 4.78 is 5.67. The van der Waals surface area contributed by atoms with Gasteiger partial charge in [-0.3, -0.25) is 0 Å². The van der Waals surface area contributed by atoms with Crippen LogP contribution >= 0.6 is 11.8 Å². The Bertz CT molecular complexity index is 352. The Hall–Kier alpha value is -0.670. The highest BCUT2D eigenvalue weighted by atomic mass is 32.2. The summed E-state index contributed by atoms with van der Waals surface area (Å²) in [5.74, 6) is 2.08.